The van der Waals surface area contributed by atoms with Crippen LogP contribution in [0.25, 0.3) is 0 Å². The second-order valence-corrected chi connectivity index (χ2v) is 3.75. The monoisotopic (exact) mass is 250 g/mol. The van der Waals surface area contributed by atoms with E-state index in [4.69, 9.17) is 21.6 Å². The standard InChI is InChI=1S/C12H11ClN2O2/c1-9(13)7-15-12(16)8-17-11-4-2-10(6-14)3-5-11/h2-5H,1,7-8H2,(H,15,16). The van der Waals surface area contributed by atoms with Gasteiger partial charge in [0.1, 0.15) is 5.75 Å². The largest absolute Gasteiger partial charge is 0.484 e. The third-order valence-electron chi connectivity index (χ3n) is 1.83. The maximum atomic E-state index is 11.3. The highest BCUT2D eigenvalue weighted by atomic mass is 35.5. The molecule has 0 unspecified atom stereocenters. The van der Waals surface area contributed by atoms with Gasteiger partial charge in [0.2, 0.25) is 0 Å². The van der Waals surface area contributed by atoms with Gasteiger partial charge in [0.15, 0.2) is 6.61 Å². The Morgan fingerprint density at radius 3 is 2.65 bits per heavy atom. The van der Waals surface area contributed by atoms with E-state index in [0.29, 0.717) is 16.3 Å². The fraction of sp³-hybridized carbons (Fsp3) is 0.167. The maximum absolute atomic E-state index is 11.3. The number of benzene rings is 1. The van der Waals surface area contributed by atoms with Crippen LogP contribution in [0.4, 0.5) is 0 Å². The van der Waals surface area contributed by atoms with Gasteiger partial charge in [0.05, 0.1) is 18.2 Å². The molecule has 4 nitrogen and oxygen atoms in total. The predicted octanol–water partition coefficient (Wildman–Crippen LogP) is 1.81. The topological polar surface area (TPSA) is 62.1 Å². The Bertz CT molecular complexity index is 449. The van der Waals surface area contributed by atoms with Gasteiger partial charge in [-0.1, -0.05) is 18.2 Å². The lowest BCUT2D eigenvalue weighted by Gasteiger charge is -2.06. The lowest BCUT2D eigenvalue weighted by atomic mass is 10.2. The number of carbonyl (C=O) groups is 1. The Balaban J connectivity index is 2.37. The van der Waals surface area contributed by atoms with E-state index in [2.05, 4.69) is 11.9 Å². The number of nitrogens with one attached hydrogen (secondary N) is 1. The minimum Gasteiger partial charge on any atom is -0.484 e. The highest BCUT2D eigenvalue weighted by Gasteiger charge is 2.02. The summed E-state index contributed by atoms with van der Waals surface area (Å²) in [6.07, 6.45) is 0. The van der Waals surface area contributed by atoms with E-state index in [1.807, 2.05) is 6.07 Å². The number of hydrogen-bond acceptors (Lipinski definition) is 3. The Morgan fingerprint density at radius 2 is 2.12 bits per heavy atom. The number of ether oxygens (including phenoxy) is 1. The molecule has 0 radical (unpaired) electrons. The zero-order valence-corrected chi connectivity index (χ0v) is 9.83. The van der Waals surface area contributed by atoms with Crippen molar-refractivity contribution in [3.63, 3.8) is 0 Å². The summed E-state index contributed by atoms with van der Waals surface area (Å²) in [4.78, 5) is 11.3. The molecule has 0 heterocycles. The van der Waals surface area contributed by atoms with Crippen LogP contribution < -0.4 is 10.1 Å². The van der Waals surface area contributed by atoms with Crippen molar-refractivity contribution in [1.82, 2.24) is 5.32 Å². The second kappa shape index (κ2) is 6.56. The molecule has 0 aromatic heterocycles. The first-order chi connectivity index (χ1) is 8.11. The molecule has 17 heavy (non-hydrogen) atoms. The number of nitrogens with zero attached hydrogens (tertiary/aromatic N) is 1. The van der Waals surface area contributed by atoms with Gasteiger partial charge >= 0.3 is 0 Å². The summed E-state index contributed by atoms with van der Waals surface area (Å²) in [5.41, 5.74) is 0.542. The average molecular weight is 251 g/mol. The van der Waals surface area contributed by atoms with Crippen LogP contribution >= 0.6 is 11.6 Å². The van der Waals surface area contributed by atoms with Crippen LogP contribution in [0.5, 0.6) is 5.75 Å². The minimum atomic E-state index is -0.281. The van der Waals surface area contributed by atoms with Gasteiger partial charge in [0.25, 0.3) is 5.91 Å². The van der Waals surface area contributed by atoms with Crippen LogP contribution in [-0.4, -0.2) is 19.1 Å². The zero-order valence-electron chi connectivity index (χ0n) is 9.07. The summed E-state index contributed by atoms with van der Waals surface area (Å²) in [7, 11) is 0. The average Bonchev–Trinajstić information content (AvgIpc) is 2.34. The van der Waals surface area contributed by atoms with Crippen molar-refractivity contribution in [3.05, 3.63) is 41.4 Å². The first-order valence-electron chi connectivity index (χ1n) is 4.85. The Morgan fingerprint density at radius 1 is 1.47 bits per heavy atom. The molecule has 1 N–H and O–H groups in total. The summed E-state index contributed by atoms with van der Waals surface area (Å²) >= 11 is 5.49. The van der Waals surface area contributed by atoms with E-state index < -0.39 is 0 Å². The van der Waals surface area contributed by atoms with Crippen molar-refractivity contribution in [2.75, 3.05) is 13.2 Å². The summed E-state index contributed by atoms with van der Waals surface area (Å²) in [6.45, 7) is 3.56. The lowest BCUT2D eigenvalue weighted by Crippen LogP contribution is -2.29. The molecular formula is C12H11ClN2O2. The smallest absolute Gasteiger partial charge is 0.258 e. The summed E-state index contributed by atoms with van der Waals surface area (Å²) in [5.74, 6) is 0.250. The first kappa shape index (κ1) is 13.1. The highest BCUT2D eigenvalue weighted by Crippen LogP contribution is 2.11. The van der Waals surface area contributed by atoms with E-state index in [0.717, 1.165) is 0 Å². The number of amides is 1. The number of hydrogen-bond donors (Lipinski definition) is 1. The van der Waals surface area contributed by atoms with E-state index in [1.165, 1.54) is 0 Å². The van der Waals surface area contributed by atoms with E-state index in [-0.39, 0.29) is 19.1 Å². The summed E-state index contributed by atoms with van der Waals surface area (Å²) in [5, 5.41) is 11.5. The second-order valence-electron chi connectivity index (χ2n) is 3.22. The lowest BCUT2D eigenvalue weighted by molar-refractivity contribution is -0.122. The van der Waals surface area contributed by atoms with E-state index in [1.54, 1.807) is 24.3 Å². The van der Waals surface area contributed by atoms with Crippen molar-refractivity contribution in [2.24, 2.45) is 0 Å². The van der Waals surface area contributed by atoms with Gasteiger partial charge in [-0.2, -0.15) is 5.26 Å². The number of carbonyl (C=O) groups excluding carboxylic acids is 1. The molecule has 1 aromatic rings. The van der Waals surface area contributed by atoms with Crippen LogP contribution in [-0.2, 0) is 4.79 Å². The molecule has 5 heteroatoms. The fourth-order valence-corrected chi connectivity index (χ4v) is 1.09. The fourth-order valence-electron chi connectivity index (χ4n) is 1.02. The first-order valence-corrected chi connectivity index (χ1v) is 5.22. The number of halogens is 1. The molecule has 1 rings (SSSR count). The molecule has 0 aliphatic rings. The third-order valence-corrected chi connectivity index (χ3v) is 1.96. The van der Waals surface area contributed by atoms with Gasteiger partial charge in [-0.15, -0.1) is 0 Å². The molecule has 0 bridgehead atoms. The zero-order chi connectivity index (χ0) is 12.7. The Kier molecular flexibility index (Phi) is 5.05. The van der Waals surface area contributed by atoms with Crippen molar-refractivity contribution >= 4 is 17.5 Å². The van der Waals surface area contributed by atoms with Gasteiger partial charge in [0, 0.05) is 5.03 Å². The molecule has 0 spiro atoms. The van der Waals surface area contributed by atoms with Crippen LogP contribution in [0.1, 0.15) is 5.56 Å². The molecule has 0 atom stereocenters. The van der Waals surface area contributed by atoms with E-state index >= 15 is 0 Å². The van der Waals surface area contributed by atoms with Crippen molar-refractivity contribution in [1.29, 1.82) is 5.26 Å². The molecular weight excluding hydrogens is 240 g/mol. The summed E-state index contributed by atoms with van der Waals surface area (Å²) in [6, 6.07) is 8.49. The molecule has 0 saturated carbocycles. The molecule has 0 aliphatic heterocycles. The van der Waals surface area contributed by atoms with Gasteiger partial charge in [-0.05, 0) is 24.3 Å². The Labute approximate surface area is 104 Å². The van der Waals surface area contributed by atoms with Crippen molar-refractivity contribution in [3.8, 4) is 11.8 Å². The van der Waals surface area contributed by atoms with Crippen LogP contribution in [0, 0.1) is 11.3 Å². The molecule has 88 valence electrons. The SMILES string of the molecule is C=C(Cl)CNC(=O)COc1ccc(C#N)cc1. The minimum absolute atomic E-state index is 0.101. The maximum Gasteiger partial charge on any atom is 0.258 e. The number of nitriles is 1. The molecule has 1 aromatic carbocycles. The Hall–Kier alpha value is -1.99. The van der Waals surface area contributed by atoms with Crippen LogP contribution in [0.3, 0.4) is 0 Å². The van der Waals surface area contributed by atoms with Gasteiger partial charge in [-0.25, -0.2) is 0 Å². The van der Waals surface area contributed by atoms with Gasteiger partial charge < -0.3 is 10.1 Å². The van der Waals surface area contributed by atoms with Gasteiger partial charge in [-0.3, -0.25) is 4.79 Å². The molecule has 0 fully saturated rings. The molecule has 1 amide bonds. The predicted molar refractivity (Wildman–Crippen MR) is 64.7 cm³/mol. The number of rotatable bonds is 5. The third kappa shape index (κ3) is 5.05. The van der Waals surface area contributed by atoms with Crippen molar-refractivity contribution in [2.45, 2.75) is 0 Å². The van der Waals surface area contributed by atoms with Crippen molar-refractivity contribution < 1.29 is 9.53 Å². The molecule has 0 saturated heterocycles. The molecule has 0 aliphatic carbocycles. The highest BCUT2D eigenvalue weighted by molar-refractivity contribution is 6.29. The van der Waals surface area contributed by atoms with Crippen LogP contribution in [0.2, 0.25) is 0 Å². The quantitative estimate of drug-likeness (QED) is 0.867. The van der Waals surface area contributed by atoms with Crippen LogP contribution in [0.15, 0.2) is 35.9 Å². The normalized spacial score (nSPS) is 9.18. The summed E-state index contributed by atoms with van der Waals surface area (Å²) < 4.78 is 5.21. The van der Waals surface area contributed by atoms with E-state index in [9.17, 15) is 4.79 Å².